The summed E-state index contributed by atoms with van der Waals surface area (Å²) in [6, 6.07) is 12.8. The van der Waals surface area contributed by atoms with Crippen LogP contribution in [0.3, 0.4) is 0 Å². The first kappa shape index (κ1) is 17.5. The molecule has 2 aromatic rings. The minimum absolute atomic E-state index is 0.0552. The maximum atomic E-state index is 12.5. The standard InChI is InChI=1S/C16H16F3NO2S/c1-12(13-5-3-2-4-6-13)11-20-23(21,22)15-9-7-14(8-10-15)16(17,18)19/h2-10,12,20H,11H2,1H3. The van der Waals surface area contributed by atoms with Gasteiger partial charge >= 0.3 is 6.18 Å². The van der Waals surface area contributed by atoms with E-state index < -0.39 is 21.8 Å². The second-order valence-electron chi connectivity index (χ2n) is 5.19. The second kappa shape index (κ2) is 6.72. The van der Waals surface area contributed by atoms with Crippen molar-refractivity contribution < 1.29 is 21.6 Å². The Kier molecular flexibility index (Phi) is 5.11. The van der Waals surface area contributed by atoms with Gasteiger partial charge in [0.15, 0.2) is 0 Å². The number of rotatable bonds is 5. The van der Waals surface area contributed by atoms with Crippen molar-refractivity contribution in [3.8, 4) is 0 Å². The van der Waals surface area contributed by atoms with Crippen molar-refractivity contribution >= 4 is 10.0 Å². The van der Waals surface area contributed by atoms with Crippen LogP contribution >= 0.6 is 0 Å². The Labute approximate surface area is 133 Å². The molecule has 0 saturated carbocycles. The van der Waals surface area contributed by atoms with Crippen molar-refractivity contribution in [2.75, 3.05) is 6.54 Å². The third kappa shape index (κ3) is 4.56. The fourth-order valence-corrected chi connectivity index (χ4v) is 3.17. The largest absolute Gasteiger partial charge is 0.416 e. The van der Waals surface area contributed by atoms with Crippen LogP contribution in [0.4, 0.5) is 13.2 Å². The smallest absolute Gasteiger partial charge is 0.211 e. The first-order valence-corrected chi connectivity index (χ1v) is 8.40. The van der Waals surface area contributed by atoms with E-state index in [1.54, 1.807) is 0 Å². The second-order valence-corrected chi connectivity index (χ2v) is 6.95. The zero-order chi connectivity index (χ0) is 17.1. The van der Waals surface area contributed by atoms with Crippen molar-refractivity contribution in [3.63, 3.8) is 0 Å². The summed E-state index contributed by atoms with van der Waals surface area (Å²) in [5.41, 5.74) is 0.0942. The summed E-state index contributed by atoms with van der Waals surface area (Å²) in [6.07, 6.45) is -4.49. The molecule has 0 fully saturated rings. The van der Waals surface area contributed by atoms with Crippen LogP contribution in [0.5, 0.6) is 0 Å². The molecule has 2 aromatic carbocycles. The van der Waals surface area contributed by atoms with E-state index in [0.717, 1.165) is 29.8 Å². The SMILES string of the molecule is CC(CNS(=O)(=O)c1ccc(C(F)(F)F)cc1)c1ccccc1. The van der Waals surface area contributed by atoms with E-state index >= 15 is 0 Å². The van der Waals surface area contributed by atoms with E-state index in [1.165, 1.54) is 0 Å². The molecule has 0 saturated heterocycles. The molecule has 2 rings (SSSR count). The molecule has 1 N–H and O–H groups in total. The number of benzene rings is 2. The maximum Gasteiger partial charge on any atom is 0.416 e. The van der Waals surface area contributed by atoms with Gasteiger partial charge in [0.2, 0.25) is 10.0 Å². The van der Waals surface area contributed by atoms with Crippen LogP contribution in [0.2, 0.25) is 0 Å². The average Bonchev–Trinajstić information content (AvgIpc) is 2.53. The van der Waals surface area contributed by atoms with Crippen molar-refractivity contribution in [2.45, 2.75) is 23.9 Å². The number of hydrogen-bond acceptors (Lipinski definition) is 2. The lowest BCUT2D eigenvalue weighted by atomic mass is 10.0. The Bertz CT molecular complexity index is 741. The van der Waals surface area contributed by atoms with Crippen LogP contribution in [-0.4, -0.2) is 15.0 Å². The lowest BCUT2D eigenvalue weighted by molar-refractivity contribution is -0.137. The number of alkyl halides is 3. The van der Waals surface area contributed by atoms with Gasteiger partial charge in [-0.05, 0) is 35.7 Å². The van der Waals surface area contributed by atoms with Crippen molar-refractivity contribution in [1.29, 1.82) is 0 Å². The van der Waals surface area contributed by atoms with Crippen LogP contribution in [-0.2, 0) is 16.2 Å². The van der Waals surface area contributed by atoms with Crippen LogP contribution in [0, 0.1) is 0 Å². The van der Waals surface area contributed by atoms with Gasteiger partial charge in [-0.2, -0.15) is 13.2 Å². The Morgan fingerprint density at radius 3 is 2.09 bits per heavy atom. The zero-order valence-corrected chi connectivity index (χ0v) is 13.2. The first-order valence-electron chi connectivity index (χ1n) is 6.92. The van der Waals surface area contributed by atoms with Gasteiger partial charge in [0.05, 0.1) is 10.5 Å². The summed E-state index contributed by atoms with van der Waals surface area (Å²) in [6.45, 7) is 2.03. The molecular weight excluding hydrogens is 327 g/mol. The van der Waals surface area contributed by atoms with Crippen molar-refractivity contribution in [3.05, 3.63) is 65.7 Å². The molecule has 0 aliphatic rings. The molecule has 0 aliphatic heterocycles. The van der Waals surface area contributed by atoms with Crippen LogP contribution in [0.1, 0.15) is 24.0 Å². The average molecular weight is 343 g/mol. The van der Waals surface area contributed by atoms with Gasteiger partial charge in [0, 0.05) is 6.54 Å². The van der Waals surface area contributed by atoms with E-state index in [1.807, 2.05) is 37.3 Å². The number of halogens is 3. The quantitative estimate of drug-likeness (QED) is 0.898. The highest BCUT2D eigenvalue weighted by molar-refractivity contribution is 7.89. The Hall–Kier alpha value is -1.86. The molecule has 1 unspecified atom stereocenters. The number of hydrogen-bond donors (Lipinski definition) is 1. The molecule has 0 heterocycles. The lowest BCUT2D eigenvalue weighted by Gasteiger charge is -2.14. The molecule has 7 heteroatoms. The molecule has 0 aromatic heterocycles. The fraction of sp³-hybridized carbons (Fsp3) is 0.250. The minimum Gasteiger partial charge on any atom is -0.211 e. The highest BCUT2D eigenvalue weighted by atomic mass is 32.2. The van der Waals surface area contributed by atoms with Gasteiger partial charge < -0.3 is 0 Å². The normalized spacial score (nSPS) is 13.7. The van der Waals surface area contributed by atoms with E-state index in [4.69, 9.17) is 0 Å². The van der Waals surface area contributed by atoms with E-state index in [0.29, 0.717) is 0 Å². The highest BCUT2D eigenvalue weighted by Crippen LogP contribution is 2.29. The summed E-state index contributed by atoms with van der Waals surface area (Å²) in [4.78, 5) is -0.189. The molecule has 23 heavy (non-hydrogen) atoms. The minimum atomic E-state index is -4.49. The Balaban J connectivity index is 2.07. The fourth-order valence-electron chi connectivity index (χ4n) is 2.04. The summed E-state index contributed by atoms with van der Waals surface area (Å²) in [5.74, 6) is -0.0552. The maximum absolute atomic E-state index is 12.5. The molecule has 3 nitrogen and oxygen atoms in total. The highest BCUT2D eigenvalue weighted by Gasteiger charge is 2.30. The van der Waals surface area contributed by atoms with Crippen molar-refractivity contribution in [2.24, 2.45) is 0 Å². The number of nitrogens with one attached hydrogen (secondary N) is 1. The molecular formula is C16H16F3NO2S. The first-order chi connectivity index (χ1) is 10.7. The summed E-state index contributed by atoms with van der Waals surface area (Å²) in [7, 11) is -3.84. The molecule has 124 valence electrons. The predicted molar refractivity (Wildman–Crippen MR) is 81.5 cm³/mol. The van der Waals surface area contributed by atoms with Gasteiger partial charge in [0.1, 0.15) is 0 Å². The monoisotopic (exact) mass is 343 g/mol. The molecule has 1 atom stereocenters. The van der Waals surface area contributed by atoms with Crippen molar-refractivity contribution in [1.82, 2.24) is 4.72 Å². The van der Waals surface area contributed by atoms with Gasteiger partial charge in [-0.25, -0.2) is 13.1 Å². The van der Waals surface area contributed by atoms with E-state index in [2.05, 4.69) is 4.72 Å². The molecule has 0 spiro atoms. The summed E-state index contributed by atoms with van der Waals surface area (Å²) < 4.78 is 64.2. The lowest BCUT2D eigenvalue weighted by Crippen LogP contribution is -2.27. The van der Waals surface area contributed by atoms with Gasteiger partial charge in [-0.1, -0.05) is 37.3 Å². The van der Waals surface area contributed by atoms with E-state index in [-0.39, 0.29) is 17.4 Å². The van der Waals surface area contributed by atoms with E-state index in [9.17, 15) is 21.6 Å². The third-order valence-electron chi connectivity index (χ3n) is 3.44. The van der Waals surface area contributed by atoms with Crippen LogP contribution in [0.25, 0.3) is 0 Å². The number of sulfonamides is 1. The Morgan fingerprint density at radius 2 is 1.57 bits per heavy atom. The summed E-state index contributed by atoms with van der Waals surface area (Å²) >= 11 is 0. The topological polar surface area (TPSA) is 46.2 Å². The molecule has 0 aliphatic carbocycles. The van der Waals surface area contributed by atoms with Gasteiger partial charge in [-0.15, -0.1) is 0 Å². The summed E-state index contributed by atoms with van der Waals surface area (Å²) in [5, 5.41) is 0. The van der Waals surface area contributed by atoms with Gasteiger partial charge in [0.25, 0.3) is 0 Å². The molecule has 0 bridgehead atoms. The van der Waals surface area contributed by atoms with Gasteiger partial charge in [-0.3, -0.25) is 0 Å². The molecule has 0 radical (unpaired) electrons. The molecule has 0 amide bonds. The third-order valence-corrected chi connectivity index (χ3v) is 4.88. The predicted octanol–water partition coefficient (Wildman–Crippen LogP) is 3.79. The van der Waals surface area contributed by atoms with Crippen LogP contribution in [0.15, 0.2) is 59.5 Å². The Morgan fingerprint density at radius 1 is 1.00 bits per heavy atom. The zero-order valence-electron chi connectivity index (χ0n) is 12.3. The van der Waals surface area contributed by atoms with Crippen LogP contribution < -0.4 is 4.72 Å².